The lowest BCUT2D eigenvalue weighted by molar-refractivity contribution is -0.121. The minimum atomic E-state index is 0.265. The van der Waals surface area contributed by atoms with Gasteiger partial charge in [0.25, 0.3) is 0 Å². The van der Waals surface area contributed by atoms with Crippen LogP contribution in [0.3, 0.4) is 0 Å². The van der Waals surface area contributed by atoms with E-state index in [1.165, 1.54) is 5.56 Å². The number of hydrogen-bond donors (Lipinski definition) is 0. The van der Waals surface area contributed by atoms with Gasteiger partial charge in [-0.05, 0) is 38.3 Å². The Morgan fingerprint density at radius 1 is 1.38 bits per heavy atom. The molecule has 1 aliphatic heterocycles. The first-order valence-corrected chi connectivity index (χ1v) is 5.85. The van der Waals surface area contributed by atoms with Crippen molar-refractivity contribution in [3.63, 3.8) is 0 Å². The number of aromatic nitrogens is 1. The minimum absolute atomic E-state index is 0.265. The van der Waals surface area contributed by atoms with Crippen molar-refractivity contribution in [1.82, 2.24) is 4.98 Å². The zero-order chi connectivity index (χ0) is 11.5. The number of carbonyl (C=O) groups excluding carboxylic acids is 1. The van der Waals surface area contributed by atoms with Gasteiger partial charge in [0.1, 0.15) is 11.6 Å². The van der Waals surface area contributed by atoms with Crippen LogP contribution in [0, 0.1) is 12.8 Å². The summed E-state index contributed by atoms with van der Waals surface area (Å²) in [5.41, 5.74) is 1.18. The first-order valence-electron chi connectivity index (χ1n) is 5.85. The fraction of sp³-hybridized carbons (Fsp3) is 0.538. The van der Waals surface area contributed by atoms with Crippen molar-refractivity contribution < 1.29 is 4.79 Å². The standard InChI is InChI=1S/C13H18N2O/c1-10-3-4-13(14-9-10)15-7-5-12(6-8-15)11(2)16/h3-4,9,12H,5-8H2,1-2H3. The number of anilines is 1. The molecule has 1 aromatic rings. The van der Waals surface area contributed by atoms with Crippen LogP contribution in [0.1, 0.15) is 25.3 Å². The monoisotopic (exact) mass is 218 g/mol. The number of carbonyl (C=O) groups is 1. The second-order valence-corrected chi connectivity index (χ2v) is 4.57. The fourth-order valence-electron chi connectivity index (χ4n) is 2.16. The molecule has 0 unspecified atom stereocenters. The molecule has 3 heteroatoms. The molecule has 0 bridgehead atoms. The van der Waals surface area contributed by atoms with Gasteiger partial charge in [-0.25, -0.2) is 4.98 Å². The number of hydrogen-bond acceptors (Lipinski definition) is 3. The molecule has 0 aromatic carbocycles. The van der Waals surface area contributed by atoms with Gasteiger partial charge in [0.15, 0.2) is 0 Å². The van der Waals surface area contributed by atoms with Crippen LogP contribution < -0.4 is 4.90 Å². The Kier molecular flexibility index (Phi) is 3.22. The lowest BCUT2D eigenvalue weighted by atomic mass is 9.93. The van der Waals surface area contributed by atoms with Crippen LogP contribution >= 0.6 is 0 Å². The summed E-state index contributed by atoms with van der Waals surface area (Å²) in [5, 5.41) is 0. The molecular formula is C13H18N2O. The molecule has 0 N–H and O–H groups in total. The molecule has 0 amide bonds. The highest BCUT2D eigenvalue weighted by Gasteiger charge is 2.22. The van der Waals surface area contributed by atoms with E-state index >= 15 is 0 Å². The summed E-state index contributed by atoms with van der Waals surface area (Å²) in [6.07, 6.45) is 3.82. The highest BCUT2D eigenvalue weighted by Crippen LogP contribution is 2.22. The van der Waals surface area contributed by atoms with Crippen LogP contribution in [0.2, 0.25) is 0 Å². The smallest absolute Gasteiger partial charge is 0.133 e. The average molecular weight is 218 g/mol. The summed E-state index contributed by atoms with van der Waals surface area (Å²) in [4.78, 5) is 17.9. The van der Waals surface area contributed by atoms with E-state index in [0.29, 0.717) is 5.78 Å². The van der Waals surface area contributed by atoms with Gasteiger partial charge in [0.05, 0.1) is 0 Å². The van der Waals surface area contributed by atoms with Crippen LogP contribution in [0.25, 0.3) is 0 Å². The predicted molar refractivity (Wildman–Crippen MR) is 64.6 cm³/mol. The van der Waals surface area contributed by atoms with Crippen molar-refractivity contribution in [2.45, 2.75) is 26.7 Å². The van der Waals surface area contributed by atoms with E-state index in [2.05, 4.69) is 22.0 Å². The molecule has 1 saturated heterocycles. The van der Waals surface area contributed by atoms with Gasteiger partial charge in [-0.3, -0.25) is 4.79 Å². The third kappa shape index (κ3) is 2.40. The van der Waals surface area contributed by atoms with E-state index < -0.39 is 0 Å². The average Bonchev–Trinajstić information content (AvgIpc) is 2.30. The largest absolute Gasteiger partial charge is 0.357 e. The number of nitrogens with zero attached hydrogens (tertiary/aromatic N) is 2. The highest BCUT2D eigenvalue weighted by atomic mass is 16.1. The van der Waals surface area contributed by atoms with E-state index in [4.69, 9.17) is 0 Å². The molecule has 2 rings (SSSR count). The number of Topliss-reactive ketones (excluding diaryl/α,β-unsaturated/α-hetero) is 1. The Hall–Kier alpha value is -1.38. The van der Waals surface area contributed by atoms with Gasteiger partial charge in [0, 0.05) is 25.2 Å². The zero-order valence-corrected chi connectivity index (χ0v) is 9.94. The first kappa shape index (κ1) is 11.1. The van der Waals surface area contributed by atoms with E-state index in [-0.39, 0.29) is 5.92 Å². The Labute approximate surface area is 96.5 Å². The first-order chi connectivity index (χ1) is 7.66. The summed E-state index contributed by atoms with van der Waals surface area (Å²) in [6.45, 7) is 5.63. The summed E-state index contributed by atoms with van der Waals surface area (Å²) in [7, 11) is 0. The van der Waals surface area contributed by atoms with Crippen LogP contribution in [0.15, 0.2) is 18.3 Å². The van der Waals surface area contributed by atoms with Gasteiger partial charge in [-0.15, -0.1) is 0 Å². The molecule has 2 heterocycles. The van der Waals surface area contributed by atoms with Crippen molar-refractivity contribution in [2.75, 3.05) is 18.0 Å². The van der Waals surface area contributed by atoms with Gasteiger partial charge < -0.3 is 4.90 Å². The third-order valence-electron chi connectivity index (χ3n) is 3.29. The Morgan fingerprint density at radius 2 is 2.06 bits per heavy atom. The second-order valence-electron chi connectivity index (χ2n) is 4.57. The minimum Gasteiger partial charge on any atom is -0.357 e. The molecule has 0 spiro atoms. The van der Waals surface area contributed by atoms with Crippen molar-refractivity contribution >= 4 is 11.6 Å². The van der Waals surface area contributed by atoms with Crippen molar-refractivity contribution in [1.29, 1.82) is 0 Å². The van der Waals surface area contributed by atoms with Gasteiger partial charge in [0.2, 0.25) is 0 Å². The van der Waals surface area contributed by atoms with Crippen LogP contribution in [0.5, 0.6) is 0 Å². The predicted octanol–water partition coefficient (Wildman–Crippen LogP) is 2.20. The molecule has 3 nitrogen and oxygen atoms in total. The summed E-state index contributed by atoms with van der Waals surface area (Å²) >= 11 is 0. The van der Waals surface area contributed by atoms with Crippen molar-refractivity contribution in [3.8, 4) is 0 Å². The van der Waals surface area contributed by atoms with Crippen LogP contribution in [-0.2, 0) is 4.79 Å². The lowest BCUT2D eigenvalue weighted by Gasteiger charge is -2.31. The number of rotatable bonds is 2. The van der Waals surface area contributed by atoms with E-state index in [1.807, 2.05) is 13.1 Å². The van der Waals surface area contributed by atoms with Crippen molar-refractivity contribution in [2.24, 2.45) is 5.92 Å². The molecule has 16 heavy (non-hydrogen) atoms. The number of aryl methyl sites for hydroxylation is 1. The molecule has 0 aliphatic carbocycles. The second kappa shape index (κ2) is 4.64. The molecule has 1 aromatic heterocycles. The third-order valence-corrected chi connectivity index (χ3v) is 3.29. The number of pyridine rings is 1. The summed E-state index contributed by atoms with van der Waals surface area (Å²) in [6, 6.07) is 4.14. The SMILES string of the molecule is CC(=O)C1CCN(c2ccc(C)cn2)CC1. The number of piperidine rings is 1. The Bertz CT molecular complexity index is 364. The molecule has 1 aliphatic rings. The highest BCUT2D eigenvalue weighted by molar-refractivity contribution is 5.78. The van der Waals surface area contributed by atoms with E-state index in [9.17, 15) is 4.79 Å². The maximum absolute atomic E-state index is 11.3. The quantitative estimate of drug-likeness (QED) is 0.763. The van der Waals surface area contributed by atoms with Crippen LogP contribution in [0.4, 0.5) is 5.82 Å². The van der Waals surface area contributed by atoms with E-state index in [1.54, 1.807) is 6.92 Å². The van der Waals surface area contributed by atoms with Gasteiger partial charge in [-0.1, -0.05) is 6.07 Å². The molecule has 0 radical (unpaired) electrons. The molecule has 0 saturated carbocycles. The molecular weight excluding hydrogens is 200 g/mol. The van der Waals surface area contributed by atoms with Gasteiger partial charge >= 0.3 is 0 Å². The summed E-state index contributed by atoms with van der Waals surface area (Å²) < 4.78 is 0. The Morgan fingerprint density at radius 3 is 2.56 bits per heavy atom. The fourth-order valence-corrected chi connectivity index (χ4v) is 2.16. The molecule has 1 fully saturated rings. The molecule has 0 atom stereocenters. The Balaban J connectivity index is 1.99. The van der Waals surface area contributed by atoms with Crippen molar-refractivity contribution in [3.05, 3.63) is 23.9 Å². The number of ketones is 1. The maximum atomic E-state index is 11.3. The zero-order valence-electron chi connectivity index (χ0n) is 9.94. The maximum Gasteiger partial charge on any atom is 0.133 e. The molecule has 86 valence electrons. The lowest BCUT2D eigenvalue weighted by Crippen LogP contribution is -2.36. The van der Waals surface area contributed by atoms with Gasteiger partial charge in [-0.2, -0.15) is 0 Å². The van der Waals surface area contributed by atoms with Crippen LogP contribution in [-0.4, -0.2) is 23.9 Å². The summed E-state index contributed by atoms with van der Waals surface area (Å²) in [5.74, 6) is 1.63. The normalized spacial score (nSPS) is 17.5. The van der Waals surface area contributed by atoms with E-state index in [0.717, 1.165) is 31.7 Å². The topological polar surface area (TPSA) is 33.2 Å².